The average molecular weight is 476 g/mol. The number of aliphatic imine (C=N–C) groups is 1. The molecule has 1 aliphatic carbocycles. The Labute approximate surface area is 201 Å². The number of benzene rings is 1. The van der Waals surface area contributed by atoms with Crippen molar-refractivity contribution >= 4 is 28.8 Å². The number of ether oxygens (including phenoxy) is 1. The second-order valence-corrected chi connectivity index (χ2v) is 8.57. The number of urea groups is 1. The molecule has 0 bridgehead atoms. The van der Waals surface area contributed by atoms with E-state index >= 15 is 4.39 Å². The van der Waals surface area contributed by atoms with Gasteiger partial charge in [-0.25, -0.2) is 18.7 Å². The molecule has 0 spiro atoms. The number of halogens is 1. The summed E-state index contributed by atoms with van der Waals surface area (Å²) in [4.78, 5) is 22.8. The lowest BCUT2D eigenvalue weighted by Crippen LogP contribution is -2.36. The predicted molar refractivity (Wildman–Crippen MR) is 133 cm³/mol. The van der Waals surface area contributed by atoms with E-state index in [1.165, 1.54) is 18.5 Å². The van der Waals surface area contributed by atoms with Gasteiger partial charge in [0.1, 0.15) is 17.7 Å². The number of fused-ring (bicyclic) bond motifs is 1. The SMILES string of the molecule is CC1=CC(=NC(=O)Nc2ccc(-c3cc(CN4CCOCC4)n4ncnc(N)c34)cc2F)CC=C1. The zero-order valence-corrected chi connectivity index (χ0v) is 19.4. The fourth-order valence-electron chi connectivity index (χ4n) is 4.32. The van der Waals surface area contributed by atoms with Crippen LogP contribution in [0.3, 0.4) is 0 Å². The molecule has 2 aromatic heterocycles. The lowest BCUT2D eigenvalue weighted by Gasteiger charge is -2.26. The van der Waals surface area contributed by atoms with Gasteiger partial charge in [0, 0.05) is 31.6 Å². The van der Waals surface area contributed by atoms with Gasteiger partial charge in [-0.1, -0.05) is 18.2 Å². The van der Waals surface area contributed by atoms with Gasteiger partial charge in [-0.3, -0.25) is 4.90 Å². The van der Waals surface area contributed by atoms with Gasteiger partial charge >= 0.3 is 6.03 Å². The maximum absolute atomic E-state index is 15.0. The van der Waals surface area contributed by atoms with Crippen LogP contribution in [0.5, 0.6) is 0 Å². The fraction of sp³-hybridized carbons (Fsp3) is 0.280. The molecule has 1 aliphatic heterocycles. The number of morpholine rings is 1. The second-order valence-electron chi connectivity index (χ2n) is 8.57. The van der Waals surface area contributed by atoms with Crippen LogP contribution in [-0.2, 0) is 11.3 Å². The van der Waals surface area contributed by atoms with E-state index in [-0.39, 0.29) is 5.69 Å². The number of amides is 2. The molecule has 3 heterocycles. The van der Waals surface area contributed by atoms with Gasteiger partial charge in [0.15, 0.2) is 5.82 Å². The van der Waals surface area contributed by atoms with Crippen LogP contribution in [0.4, 0.5) is 20.7 Å². The number of hydrogen-bond acceptors (Lipinski definition) is 6. The Bertz CT molecular complexity index is 1370. The maximum atomic E-state index is 15.0. The Morgan fingerprint density at radius 1 is 1.29 bits per heavy atom. The zero-order valence-electron chi connectivity index (χ0n) is 19.4. The van der Waals surface area contributed by atoms with Crippen molar-refractivity contribution in [2.24, 2.45) is 4.99 Å². The summed E-state index contributed by atoms with van der Waals surface area (Å²) >= 11 is 0. The number of allylic oxidation sites excluding steroid dienone is 4. The van der Waals surface area contributed by atoms with E-state index in [0.717, 1.165) is 29.9 Å². The Morgan fingerprint density at radius 3 is 2.89 bits per heavy atom. The molecule has 3 N–H and O–H groups in total. The van der Waals surface area contributed by atoms with Crippen molar-refractivity contribution in [3.8, 4) is 11.1 Å². The molecule has 1 fully saturated rings. The number of nitrogens with two attached hydrogens (primary N) is 1. The van der Waals surface area contributed by atoms with E-state index in [4.69, 9.17) is 10.5 Å². The molecule has 1 saturated heterocycles. The molecule has 1 aromatic carbocycles. The van der Waals surface area contributed by atoms with Gasteiger partial charge in [0.2, 0.25) is 0 Å². The number of rotatable bonds is 4. The standard InChI is InChI=1S/C25H26FN7O2/c1-16-3-2-4-18(11-16)30-25(34)31-22-6-5-17(12-21(22)26)20-13-19(14-32-7-9-35-10-8-32)33-23(20)24(27)28-15-29-33/h2-3,5-6,11-13,15H,4,7-10,14H2,1H3,(H,31,34)(H2,27,28,29). The zero-order chi connectivity index (χ0) is 24.4. The quantitative estimate of drug-likeness (QED) is 0.594. The topological polar surface area (TPSA) is 110 Å². The van der Waals surface area contributed by atoms with Crippen molar-refractivity contribution in [1.29, 1.82) is 0 Å². The van der Waals surface area contributed by atoms with Gasteiger partial charge in [0.25, 0.3) is 0 Å². The van der Waals surface area contributed by atoms with Gasteiger partial charge in [-0.05, 0) is 42.3 Å². The molecule has 180 valence electrons. The number of carbonyl (C=O) groups excluding carboxylic acids is 1. The number of anilines is 2. The number of hydrogen-bond donors (Lipinski definition) is 2. The first kappa shape index (κ1) is 22.9. The van der Waals surface area contributed by atoms with Crippen molar-refractivity contribution in [2.45, 2.75) is 19.9 Å². The van der Waals surface area contributed by atoms with E-state index in [2.05, 4.69) is 25.3 Å². The highest BCUT2D eigenvalue weighted by Crippen LogP contribution is 2.32. The third kappa shape index (κ3) is 4.98. The predicted octanol–water partition coefficient (Wildman–Crippen LogP) is 3.83. The number of carbonyl (C=O) groups is 1. The highest BCUT2D eigenvalue weighted by Gasteiger charge is 2.19. The lowest BCUT2D eigenvalue weighted by molar-refractivity contribution is 0.0334. The molecule has 5 rings (SSSR count). The van der Waals surface area contributed by atoms with Crippen molar-refractivity contribution in [2.75, 3.05) is 37.4 Å². The normalized spacial score (nSPS) is 17.7. The molecular formula is C25H26FN7O2. The Morgan fingerprint density at radius 2 is 2.11 bits per heavy atom. The van der Waals surface area contributed by atoms with Crippen LogP contribution >= 0.6 is 0 Å². The van der Waals surface area contributed by atoms with Crippen LogP contribution in [0.25, 0.3) is 16.6 Å². The molecular weight excluding hydrogens is 449 g/mol. The number of nitrogens with one attached hydrogen (secondary N) is 1. The number of nitrogens with zero attached hydrogens (tertiary/aromatic N) is 5. The molecule has 0 atom stereocenters. The molecule has 0 radical (unpaired) electrons. The maximum Gasteiger partial charge on any atom is 0.345 e. The van der Waals surface area contributed by atoms with E-state index in [9.17, 15) is 4.79 Å². The fourth-order valence-corrected chi connectivity index (χ4v) is 4.32. The Kier molecular flexibility index (Phi) is 6.39. The number of nitrogen functional groups attached to an aromatic ring is 1. The molecule has 0 unspecified atom stereocenters. The van der Waals surface area contributed by atoms with Crippen molar-refractivity contribution in [3.63, 3.8) is 0 Å². The molecule has 3 aromatic rings. The summed E-state index contributed by atoms with van der Waals surface area (Å²) in [5.74, 6) is -0.266. The van der Waals surface area contributed by atoms with Crippen LogP contribution < -0.4 is 11.1 Å². The first-order valence-corrected chi connectivity index (χ1v) is 11.4. The van der Waals surface area contributed by atoms with Crippen LogP contribution in [0.15, 0.2) is 59.4 Å². The number of aromatic nitrogens is 3. The summed E-state index contributed by atoms with van der Waals surface area (Å²) in [5.41, 5.74) is 10.7. The minimum absolute atomic E-state index is 0.0522. The van der Waals surface area contributed by atoms with Crippen molar-refractivity contribution in [3.05, 3.63) is 65.9 Å². The molecule has 9 nitrogen and oxygen atoms in total. The smallest absolute Gasteiger partial charge is 0.345 e. The highest BCUT2D eigenvalue weighted by molar-refractivity contribution is 6.07. The van der Waals surface area contributed by atoms with E-state index < -0.39 is 11.8 Å². The lowest BCUT2D eigenvalue weighted by atomic mass is 10.1. The summed E-state index contributed by atoms with van der Waals surface area (Å²) in [6, 6.07) is 5.97. The van der Waals surface area contributed by atoms with Gasteiger partial charge < -0.3 is 15.8 Å². The molecule has 35 heavy (non-hydrogen) atoms. The largest absolute Gasteiger partial charge is 0.382 e. The molecule has 10 heteroatoms. The molecule has 2 aliphatic rings. The van der Waals surface area contributed by atoms with Crippen molar-refractivity contribution in [1.82, 2.24) is 19.5 Å². The third-order valence-electron chi connectivity index (χ3n) is 6.01. The van der Waals surface area contributed by atoms with Crippen LogP contribution in [-0.4, -0.2) is 57.5 Å². The van der Waals surface area contributed by atoms with E-state index in [1.807, 2.05) is 31.2 Å². The Balaban J connectivity index is 1.42. The summed E-state index contributed by atoms with van der Waals surface area (Å²) in [6.07, 6.45) is 7.70. The van der Waals surface area contributed by atoms with Crippen LogP contribution in [0, 0.1) is 5.82 Å². The van der Waals surface area contributed by atoms with E-state index in [1.54, 1.807) is 10.6 Å². The Hall–Kier alpha value is -3.89. The third-order valence-corrected chi connectivity index (χ3v) is 6.01. The summed E-state index contributed by atoms with van der Waals surface area (Å²) < 4.78 is 22.2. The molecule has 2 amide bonds. The van der Waals surface area contributed by atoms with Gasteiger partial charge in [0.05, 0.1) is 30.3 Å². The van der Waals surface area contributed by atoms with Gasteiger partial charge in [-0.15, -0.1) is 0 Å². The second kappa shape index (κ2) is 9.77. The highest BCUT2D eigenvalue weighted by atomic mass is 19.1. The van der Waals surface area contributed by atoms with Crippen molar-refractivity contribution < 1.29 is 13.9 Å². The van der Waals surface area contributed by atoms with Crippen LogP contribution in [0.1, 0.15) is 19.0 Å². The monoisotopic (exact) mass is 475 g/mol. The first-order valence-electron chi connectivity index (χ1n) is 11.4. The average Bonchev–Trinajstić information content (AvgIpc) is 3.20. The summed E-state index contributed by atoms with van der Waals surface area (Å²) in [6.45, 7) is 5.59. The first-order chi connectivity index (χ1) is 17.0. The summed E-state index contributed by atoms with van der Waals surface area (Å²) in [5, 5.41) is 6.92. The van der Waals surface area contributed by atoms with E-state index in [0.29, 0.717) is 48.8 Å². The minimum Gasteiger partial charge on any atom is -0.382 e. The molecule has 0 saturated carbocycles. The minimum atomic E-state index is -0.620. The van der Waals surface area contributed by atoms with Crippen LogP contribution in [0.2, 0.25) is 0 Å². The van der Waals surface area contributed by atoms with Gasteiger partial charge in [-0.2, -0.15) is 10.1 Å². The summed E-state index contributed by atoms with van der Waals surface area (Å²) in [7, 11) is 0.